The minimum Gasteiger partial charge on any atom is -0.493 e. The van der Waals surface area contributed by atoms with Crippen LogP contribution in [0.25, 0.3) is 0 Å². The van der Waals surface area contributed by atoms with Gasteiger partial charge in [0, 0.05) is 32.1 Å². The Labute approximate surface area is 183 Å². The van der Waals surface area contributed by atoms with E-state index in [0.29, 0.717) is 50.8 Å². The molecule has 0 radical (unpaired) electrons. The number of benzene rings is 1. The molecular weight excluding hydrogens is 404 g/mol. The van der Waals surface area contributed by atoms with Gasteiger partial charge in [-0.1, -0.05) is 0 Å². The third-order valence-electron chi connectivity index (χ3n) is 5.13. The van der Waals surface area contributed by atoms with Crippen molar-refractivity contribution in [2.75, 3.05) is 39.6 Å². The van der Waals surface area contributed by atoms with E-state index in [1.807, 2.05) is 0 Å². The summed E-state index contributed by atoms with van der Waals surface area (Å²) in [7, 11) is 0. The summed E-state index contributed by atoms with van der Waals surface area (Å²) in [5.74, 6) is -0.0859. The van der Waals surface area contributed by atoms with E-state index in [-0.39, 0.29) is 18.1 Å². The molecule has 2 saturated heterocycles. The second-order valence-electron chi connectivity index (χ2n) is 7.74. The lowest BCUT2D eigenvalue weighted by Gasteiger charge is -2.22. The number of aromatic carboxylic acids is 1. The monoisotopic (exact) mass is 438 g/mol. The van der Waals surface area contributed by atoms with Gasteiger partial charge >= 0.3 is 5.97 Å². The Morgan fingerprint density at radius 2 is 1.32 bits per heavy atom. The Bertz CT molecular complexity index is 607. The Hall–Kier alpha value is -1.87. The van der Waals surface area contributed by atoms with Crippen LogP contribution >= 0.6 is 0 Å². The molecule has 174 valence electrons. The van der Waals surface area contributed by atoms with Crippen molar-refractivity contribution in [3.8, 4) is 11.5 Å². The van der Waals surface area contributed by atoms with Crippen molar-refractivity contribution in [1.82, 2.24) is 0 Å². The number of carboxylic acid groups (broad SMARTS) is 1. The minimum atomic E-state index is -1.02. The number of rotatable bonds is 13. The summed E-state index contributed by atoms with van der Waals surface area (Å²) in [5, 5.41) is 9.36. The van der Waals surface area contributed by atoms with Gasteiger partial charge in [-0.05, 0) is 50.7 Å². The van der Waals surface area contributed by atoms with Crippen molar-refractivity contribution in [2.24, 2.45) is 0 Å². The molecule has 0 aromatic heterocycles. The zero-order chi connectivity index (χ0) is 21.7. The molecule has 2 aliphatic rings. The summed E-state index contributed by atoms with van der Waals surface area (Å²) in [6.07, 6.45) is 7.46. The summed E-state index contributed by atoms with van der Waals surface area (Å²) in [6.45, 7) is 3.43. The number of hydrogen-bond acceptors (Lipinski definition) is 7. The molecule has 0 spiro atoms. The lowest BCUT2D eigenvalue weighted by atomic mass is 10.2. The lowest BCUT2D eigenvalue weighted by molar-refractivity contribution is -0.163. The SMILES string of the molecule is O=C(O)c1cc(OCCCOC2CCCCO2)cc(OCCCOC2CCCCO2)c1. The Balaban J connectivity index is 1.36. The second kappa shape index (κ2) is 13.5. The van der Waals surface area contributed by atoms with Crippen molar-refractivity contribution < 1.29 is 38.3 Å². The van der Waals surface area contributed by atoms with E-state index >= 15 is 0 Å². The molecular formula is C23H34O8. The largest absolute Gasteiger partial charge is 0.493 e. The van der Waals surface area contributed by atoms with Crippen molar-refractivity contribution in [3.63, 3.8) is 0 Å². The fourth-order valence-corrected chi connectivity index (χ4v) is 3.47. The highest BCUT2D eigenvalue weighted by atomic mass is 16.7. The third-order valence-corrected chi connectivity index (χ3v) is 5.13. The number of carbonyl (C=O) groups is 1. The third kappa shape index (κ3) is 9.03. The topological polar surface area (TPSA) is 92.7 Å². The molecule has 8 nitrogen and oxygen atoms in total. The van der Waals surface area contributed by atoms with E-state index in [1.165, 1.54) is 12.1 Å². The van der Waals surface area contributed by atoms with E-state index in [4.69, 9.17) is 28.4 Å². The summed E-state index contributed by atoms with van der Waals surface area (Å²) in [5.41, 5.74) is 0.131. The molecule has 2 atom stereocenters. The van der Waals surface area contributed by atoms with E-state index in [2.05, 4.69) is 0 Å². The first kappa shape index (κ1) is 23.8. The van der Waals surface area contributed by atoms with E-state index < -0.39 is 5.97 Å². The second-order valence-corrected chi connectivity index (χ2v) is 7.74. The molecule has 0 aliphatic carbocycles. The first-order valence-electron chi connectivity index (χ1n) is 11.3. The molecule has 1 aromatic carbocycles. The van der Waals surface area contributed by atoms with Gasteiger partial charge in [-0.2, -0.15) is 0 Å². The Morgan fingerprint density at radius 3 is 1.74 bits per heavy atom. The highest BCUT2D eigenvalue weighted by Gasteiger charge is 2.15. The van der Waals surface area contributed by atoms with Gasteiger partial charge in [0.1, 0.15) is 11.5 Å². The quantitative estimate of drug-likeness (QED) is 0.462. The van der Waals surface area contributed by atoms with Gasteiger partial charge in [0.05, 0.1) is 32.0 Å². The molecule has 2 unspecified atom stereocenters. The van der Waals surface area contributed by atoms with E-state index in [9.17, 15) is 9.90 Å². The fraction of sp³-hybridized carbons (Fsp3) is 0.696. The standard InChI is InChI=1S/C23H34O8/c24-23(25)18-15-19(26-11-5-13-30-21-7-1-3-9-28-21)17-20(16-18)27-12-6-14-31-22-8-2-4-10-29-22/h15-17,21-22H,1-14H2,(H,24,25). The molecule has 2 aliphatic heterocycles. The molecule has 0 saturated carbocycles. The molecule has 31 heavy (non-hydrogen) atoms. The normalized spacial score (nSPS) is 21.5. The Morgan fingerprint density at radius 1 is 0.806 bits per heavy atom. The zero-order valence-corrected chi connectivity index (χ0v) is 18.1. The average Bonchev–Trinajstić information content (AvgIpc) is 2.80. The van der Waals surface area contributed by atoms with Crippen molar-refractivity contribution in [3.05, 3.63) is 23.8 Å². The van der Waals surface area contributed by atoms with Crippen LogP contribution in [0.1, 0.15) is 61.7 Å². The van der Waals surface area contributed by atoms with Gasteiger partial charge in [0.2, 0.25) is 0 Å². The average molecular weight is 439 g/mol. The van der Waals surface area contributed by atoms with Gasteiger partial charge in [0.15, 0.2) is 12.6 Å². The number of hydrogen-bond donors (Lipinski definition) is 1. The van der Waals surface area contributed by atoms with Gasteiger partial charge in [-0.3, -0.25) is 0 Å². The smallest absolute Gasteiger partial charge is 0.335 e. The fourth-order valence-electron chi connectivity index (χ4n) is 3.47. The van der Waals surface area contributed by atoms with E-state index in [0.717, 1.165) is 51.7 Å². The van der Waals surface area contributed by atoms with Crippen molar-refractivity contribution in [1.29, 1.82) is 0 Å². The van der Waals surface area contributed by atoms with Crippen LogP contribution in [0.5, 0.6) is 11.5 Å². The maximum atomic E-state index is 11.4. The molecule has 0 amide bonds. The molecule has 2 heterocycles. The highest BCUT2D eigenvalue weighted by Crippen LogP contribution is 2.24. The summed E-state index contributed by atoms with van der Waals surface area (Å²) >= 11 is 0. The highest BCUT2D eigenvalue weighted by molar-refractivity contribution is 5.88. The predicted octanol–water partition coefficient (Wildman–Crippen LogP) is 4.01. The van der Waals surface area contributed by atoms with Crippen LogP contribution in [-0.2, 0) is 18.9 Å². The maximum absolute atomic E-state index is 11.4. The summed E-state index contributed by atoms with van der Waals surface area (Å²) in [4.78, 5) is 11.4. The molecule has 1 N–H and O–H groups in total. The van der Waals surface area contributed by atoms with Crippen LogP contribution in [-0.4, -0.2) is 63.3 Å². The molecule has 1 aromatic rings. The minimum absolute atomic E-state index is 0.113. The summed E-state index contributed by atoms with van der Waals surface area (Å²) in [6, 6.07) is 4.72. The molecule has 0 bridgehead atoms. The Kier molecular flexibility index (Phi) is 10.4. The van der Waals surface area contributed by atoms with E-state index in [1.54, 1.807) is 6.07 Å². The lowest BCUT2D eigenvalue weighted by Crippen LogP contribution is -2.23. The van der Waals surface area contributed by atoms with Crippen LogP contribution in [0.3, 0.4) is 0 Å². The van der Waals surface area contributed by atoms with Gasteiger partial charge in [-0.25, -0.2) is 4.79 Å². The van der Waals surface area contributed by atoms with Gasteiger partial charge in [0.25, 0.3) is 0 Å². The van der Waals surface area contributed by atoms with Gasteiger partial charge in [-0.15, -0.1) is 0 Å². The number of carboxylic acids is 1. The number of ether oxygens (including phenoxy) is 6. The van der Waals surface area contributed by atoms with Crippen molar-refractivity contribution >= 4 is 5.97 Å². The van der Waals surface area contributed by atoms with Crippen LogP contribution < -0.4 is 9.47 Å². The summed E-state index contributed by atoms with van der Waals surface area (Å²) < 4.78 is 33.9. The zero-order valence-electron chi connectivity index (χ0n) is 18.1. The maximum Gasteiger partial charge on any atom is 0.335 e. The first-order chi connectivity index (χ1) is 15.2. The van der Waals surface area contributed by atoms with Crippen LogP contribution in [0.2, 0.25) is 0 Å². The first-order valence-corrected chi connectivity index (χ1v) is 11.3. The molecule has 8 heteroatoms. The molecule has 3 rings (SSSR count). The van der Waals surface area contributed by atoms with Crippen LogP contribution in [0.4, 0.5) is 0 Å². The van der Waals surface area contributed by atoms with Crippen LogP contribution in [0, 0.1) is 0 Å². The van der Waals surface area contributed by atoms with Crippen molar-refractivity contribution in [2.45, 2.75) is 63.9 Å². The van der Waals surface area contributed by atoms with Crippen LogP contribution in [0.15, 0.2) is 18.2 Å². The predicted molar refractivity (Wildman–Crippen MR) is 113 cm³/mol. The molecule has 2 fully saturated rings. The van der Waals surface area contributed by atoms with Gasteiger partial charge < -0.3 is 33.5 Å².